The highest BCUT2D eigenvalue weighted by molar-refractivity contribution is 4.90. The summed E-state index contributed by atoms with van der Waals surface area (Å²) in [6, 6.07) is 0. The second-order valence-electron chi connectivity index (χ2n) is 5.96. The summed E-state index contributed by atoms with van der Waals surface area (Å²) in [6.07, 6.45) is 5.29. The molecule has 1 aliphatic carbocycles. The third-order valence-corrected chi connectivity index (χ3v) is 4.14. The average molecular weight is 183 g/mol. The van der Waals surface area contributed by atoms with Crippen LogP contribution in [0.15, 0.2) is 0 Å². The summed E-state index contributed by atoms with van der Waals surface area (Å²) in [6.45, 7) is 10.5. The molecule has 1 nitrogen and oxygen atoms in total. The van der Waals surface area contributed by atoms with Crippen molar-refractivity contribution >= 4 is 0 Å². The SMILES string of the molecule is CC1CC(C)(C)CCC1(C)CCN. The molecule has 1 fully saturated rings. The Bertz CT molecular complexity index is 174. The normalized spacial score (nSPS) is 39.0. The zero-order chi connectivity index (χ0) is 10.1. The monoisotopic (exact) mass is 183 g/mol. The molecule has 0 bridgehead atoms. The summed E-state index contributed by atoms with van der Waals surface area (Å²) in [5.41, 5.74) is 6.76. The van der Waals surface area contributed by atoms with Crippen LogP contribution in [0.5, 0.6) is 0 Å². The van der Waals surface area contributed by atoms with Gasteiger partial charge in [-0.25, -0.2) is 0 Å². The van der Waals surface area contributed by atoms with E-state index in [0.717, 1.165) is 12.5 Å². The predicted molar refractivity (Wildman–Crippen MR) is 58.6 cm³/mol. The van der Waals surface area contributed by atoms with Crippen LogP contribution in [-0.2, 0) is 0 Å². The summed E-state index contributed by atoms with van der Waals surface area (Å²) in [5.74, 6) is 0.833. The third-order valence-electron chi connectivity index (χ3n) is 4.14. The number of rotatable bonds is 2. The lowest BCUT2D eigenvalue weighted by molar-refractivity contribution is 0.0462. The second kappa shape index (κ2) is 3.61. The van der Waals surface area contributed by atoms with E-state index in [2.05, 4.69) is 27.7 Å². The molecule has 0 aromatic rings. The van der Waals surface area contributed by atoms with Gasteiger partial charge in [-0.2, -0.15) is 0 Å². The highest BCUT2D eigenvalue weighted by atomic mass is 14.6. The predicted octanol–water partition coefficient (Wildman–Crippen LogP) is 3.19. The van der Waals surface area contributed by atoms with Crippen LogP contribution in [0, 0.1) is 16.7 Å². The Labute approximate surface area is 83.1 Å². The van der Waals surface area contributed by atoms with Crippen LogP contribution in [0.3, 0.4) is 0 Å². The Morgan fingerprint density at radius 1 is 1.23 bits per heavy atom. The Kier molecular flexibility index (Phi) is 3.06. The fourth-order valence-corrected chi connectivity index (χ4v) is 2.75. The van der Waals surface area contributed by atoms with Gasteiger partial charge in [0.2, 0.25) is 0 Å². The Morgan fingerprint density at radius 2 is 1.85 bits per heavy atom. The van der Waals surface area contributed by atoms with Crippen LogP contribution < -0.4 is 5.73 Å². The summed E-state index contributed by atoms with van der Waals surface area (Å²) in [7, 11) is 0. The molecule has 2 atom stereocenters. The minimum absolute atomic E-state index is 0.518. The van der Waals surface area contributed by atoms with Crippen LogP contribution in [0.1, 0.15) is 53.4 Å². The minimum atomic E-state index is 0.518. The molecule has 13 heavy (non-hydrogen) atoms. The lowest BCUT2D eigenvalue weighted by atomic mass is 9.59. The van der Waals surface area contributed by atoms with E-state index < -0.39 is 0 Å². The molecule has 1 rings (SSSR count). The van der Waals surface area contributed by atoms with Crippen molar-refractivity contribution in [1.82, 2.24) is 0 Å². The fraction of sp³-hybridized carbons (Fsp3) is 1.00. The summed E-state index contributed by atoms with van der Waals surface area (Å²) >= 11 is 0. The van der Waals surface area contributed by atoms with Crippen molar-refractivity contribution in [1.29, 1.82) is 0 Å². The zero-order valence-corrected chi connectivity index (χ0v) is 9.69. The van der Waals surface area contributed by atoms with E-state index in [0.29, 0.717) is 10.8 Å². The van der Waals surface area contributed by atoms with Crippen molar-refractivity contribution in [3.05, 3.63) is 0 Å². The van der Waals surface area contributed by atoms with Gasteiger partial charge < -0.3 is 5.73 Å². The molecule has 0 aromatic carbocycles. The molecule has 1 heteroatoms. The third kappa shape index (κ3) is 2.46. The fourth-order valence-electron chi connectivity index (χ4n) is 2.75. The molecule has 0 saturated heterocycles. The summed E-state index contributed by atoms with van der Waals surface area (Å²) < 4.78 is 0. The average Bonchev–Trinajstić information content (AvgIpc) is 1.99. The highest BCUT2D eigenvalue weighted by Crippen LogP contribution is 2.49. The van der Waals surface area contributed by atoms with Crippen molar-refractivity contribution in [2.24, 2.45) is 22.5 Å². The molecule has 0 aromatic heterocycles. The van der Waals surface area contributed by atoms with Gasteiger partial charge in [0, 0.05) is 0 Å². The maximum Gasteiger partial charge on any atom is -0.00720 e. The molecule has 0 aliphatic heterocycles. The topological polar surface area (TPSA) is 26.0 Å². The van der Waals surface area contributed by atoms with Crippen LogP contribution in [0.4, 0.5) is 0 Å². The molecular weight excluding hydrogens is 158 g/mol. The van der Waals surface area contributed by atoms with Crippen molar-refractivity contribution in [2.75, 3.05) is 6.54 Å². The van der Waals surface area contributed by atoms with Crippen molar-refractivity contribution in [3.8, 4) is 0 Å². The first-order chi connectivity index (χ1) is 5.90. The Hall–Kier alpha value is -0.0400. The molecule has 78 valence electrons. The van der Waals surface area contributed by atoms with Gasteiger partial charge in [0.15, 0.2) is 0 Å². The van der Waals surface area contributed by atoms with Gasteiger partial charge in [0.1, 0.15) is 0 Å². The van der Waals surface area contributed by atoms with Crippen LogP contribution >= 0.6 is 0 Å². The van der Waals surface area contributed by atoms with E-state index in [4.69, 9.17) is 5.73 Å². The van der Waals surface area contributed by atoms with E-state index in [-0.39, 0.29) is 0 Å². The second-order valence-corrected chi connectivity index (χ2v) is 5.96. The lowest BCUT2D eigenvalue weighted by Crippen LogP contribution is -2.37. The minimum Gasteiger partial charge on any atom is -0.330 e. The largest absolute Gasteiger partial charge is 0.330 e. The molecule has 0 amide bonds. The molecule has 2 N–H and O–H groups in total. The van der Waals surface area contributed by atoms with Gasteiger partial charge in [-0.3, -0.25) is 0 Å². The molecule has 1 aliphatic rings. The van der Waals surface area contributed by atoms with Gasteiger partial charge in [0.25, 0.3) is 0 Å². The first-order valence-electron chi connectivity index (χ1n) is 5.60. The van der Waals surface area contributed by atoms with Crippen molar-refractivity contribution in [3.63, 3.8) is 0 Å². The van der Waals surface area contributed by atoms with E-state index in [1.807, 2.05) is 0 Å². The van der Waals surface area contributed by atoms with Crippen molar-refractivity contribution < 1.29 is 0 Å². The molecule has 0 heterocycles. The standard InChI is InChI=1S/C12H25N/c1-10-9-11(2,3)5-6-12(10,4)7-8-13/h10H,5-9,13H2,1-4H3. The van der Waals surface area contributed by atoms with Crippen LogP contribution in [-0.4, -0.2) is 6.54 Å². The molecule has 0 radical (unpaired) electrons. The zero-order valence-electron chi connectivity index (χ0n) is 9.69. The number of hydrogen-bond acceptors (Lipinski definition) is 1. The highest BCUT2D eigenvalue weighted by Gasteiger charge is 2.39. The van der Waals surface area contributed by atoms with E-state index in [1.54, 1.807) is 0 Å². The smallest absolute Gasteiger partial charge is 0.00720 e. The Balaban J connectivity index is 2.62. The summed E-state index contributed by atoms with van der Waals surface area (Å²) in [4.78, 5) is 0. The van der Waals surface area contributed by atoms with Gasteiger partial charge in [0.05, 0.1) is 0 Å². The molecule has 1 saturated carbocycles. The molecule has 0 spiro atoms. The number of hydrogen-bond donors (Lipinski definition) is 1. The molecule has 2 unspecified atom stereocenters. The maximum absolute atomic E-state index is 5.67. The first-order valence-corrected chi connectivity index (χ1v) is 5.60. The van der Waals surface area contributed by atoms with E-state index >= 15 is 0 Å². The molecular formula is C12H25N. The van der Waals surface area contributed by atoms with Crippen LogP contribution in [0.2, 0.25) is 0 Å². The van der Waals surface area contributed by atoms with Crippen LogP contribution in [0.25, 0.3) is 0 Å². The summed E-state index contributed by atoms with van der Waals surface area (Å²) in [5, 5.41) is 0. The van der Waals surface area contributed by atoms with E-state index in [9.17, 15) is 0 Å². The van der Waals surface area contributed by atoms with Gasteiger partial charge in [-0.05, 0) is 49.0 Å². The van der Waals surface area contributed by atoms with Crippen molar-refractivity contribution in [2.45, 2.75) is 53.4 Å². The Morgan fingerprint density at radius 3 is 2.31 bits per heavy atom. The van der Waals surface area contributed by atoms with Gasteiger partial charge >= 0.3 is 0 Å². The van der Waals surface area contributed by atoms with E-state index in [1.165, 1.54) is 25.7 Å². The first kappa shape index (κ1) is 11.0. The van der Waals surface area contributed by atoms with Gasteiger partial charge in [-0.15, -0.1) is 0 Å². The number of nitrogens with two attached hydrogens (primary N) is 1. The van der Waals surface area contributed by atoms with Gasteiger partial charge in [-0.1, -0.05) is 27.7 Å². The maximum atomic E-state index is 5.67. The quantitative estimate of drug-likeness (QED) is 0.699. The lowest BCUT2D eigenvalue weighted by Gasteiger charge is -2.46.